The highest BCUT2D eigenvalue weighted by Crippen LogP contribution is 2.35. The molecule has 21 heavy (non-hydrogen) atoms. The summed E-state index contributed by atoms with van der Waals surface area (Å²) < 4.78 is 38.2. The Kier molecular flexibility index (Phi) is 4.38. The second kappa shape index (κ2) is 5.90. The topological polar surface area (TPSA) is 75.7 Å². The van der Waals surface area contributed by atoms with Crippen LogP contribution < -0.4 is 5.73 Å². The first kappa shape index (κ1) is 15.6. The van der Waals surface area contributed by atoms with Gasteiger partial charge < -0.3 is 5.73 Å². The summed E-state index contributed by atoms with van der Waals surface area (Å²) in [6.45, 7) is 0. The molecular formula is C12H8ClF3N4S. The molecule has 3 N–H and O–H groups in total. The van der Waals surface area contributed by atoms with Gasteiger partial charge in [-0.1, -0.05) is 11.6 Å². The minimum Gasteiger partial charge on any atom is -0.384 e. The highest BCUT2D eigenvalue weighted by atomic mass is 35.5. The van der Waals surface area contributed by atoms with Crippen LogP contribution in [-0.2, 0) is 6.18 Å². The zero-order chi connectivity index (χ0) is 15.6. The second-order valence-corrected chi connectivity index (χ2v) is 5.24. The molecule has 0 aliphatic rings. The Labute approximate surface area is 127 Å². The number of hydrogen-bond acceptors (Lipinski definition) is 4. The lowest BCUT2D eigenvalue weighted by Gasteiger charge is -2.11. The molecular weight excluding hydrogens is 325 g/mol. The van der Waals surface area contributed by atoms with Gasteiger partial charge in [0.25, 0.3) is 0 Å². The first-order valence-electron chi connectivity index (χ1n) is 5.50. The minimum atomic E-state index is -4.58. The Bertz CT molecular complexity index is 690. The molecule has 9 heteroatoms. The molecule has 0 aliphatic carbocycles. The molecule has 0 unspecified atom stereocenters. The molecule has 110 valence electrons. The molecule has 0 aliphatic heterocycles. The Morgan fingerprint density at radius 3 is 2.52 bits per heavy atom. The van der Waals surface area contributed by atoms with Crippen molar-refractivity contribution in [2.75, 3.05) is 0 Å². The average molecular weight is 333 g/mol. The SMILES string of the molecule is N=C(N)c1ccc(C(F)(F)F)nc1Sc1ncccc1Cl. The molecule has 0 amide bonds. The van der Waals surface area contributed by atoms with Gasteiger partial charge in [-0.3, -0.25) is 5.41 Å². The van der Waals surface area contributed by atoms with Gasteiger partial charge in [-0.15, -0.1) is 0 Å². The Morgan fingerprint density at radius 2 is 1.95 bits per heavy atom. The van der Waals surface area contributed by atoms with Crippen LogP contribution in [0.3, 0.4) is 0 Å². The second-order valence-electron chi connectivity index (χ2n) is 3.85. The third-order valence-electron chi connectivity index (χ3n) is 2.36. The molecule has 2 aromatic rings. The van der Waals surface area contributed by atoms with Crippen molar-refractivity contribution in [3.05, 3.63) is 46.7 Å². The standard InChI is InChI=1S/C12H8ClF3N4S/c13-7-2-1-5-19-11(7)21-10-6(9(17)18)3-4-8(20-10)12(14,15)16/h1-5H,(H3,17,18). The van der Waals surface area contributed by atoms with Crippen LogP contribution in [-0.4, -0.2) is 15.8 Å². The van der Waals surface area contributed by atoms with Gasteiger partial charge in [0, 0.05) is 11.8 Å². The van der Waals surface area contributed by atoms with Gasteiger partial charge in [-0.2, -0.15) is 13.2 Å². The van der Waals surface area contributed by atoms with Crippen LogP contribution in [0.15, 0.2) is 40.5 Å². The van der Waals surface area contributed by atoms with Gasteiger partial charge in [0.2, 0.25) is 0 Å². The van der Waals surface area contributed by atoms with E-state index in [1.807, 2.05) is 0 Å². The maximum atomic E-state index is 12.7. The van der Waals surface area contributed by atoms with E-state index in [1.54, 1.807) is 12.1 Å². The van der Waals surface area contributed by atoms with E-state index in [0.717, 1.165) is 23.9 Å². The summed E-state index contributed by atoms with van der Waals surface area (Å²) in [7, 11) is 0. The Hall–Kier alpha value is -1.80. The van der Waals surface area contributed by atoms with Gasteiger partial charge in [0.05, 0.1) is 5.02 Å². The van der Waals surface area contributed by atoms with Crippen molar-refractivity contribution in [1.29, 1.82) is 5.41 Å². The summed E-state index contributed by atoms with van der Waals surface area (Å²) in [5.41, 5.74) is 4.39. The molecule has 0 spiro atoms. The van der Waals surface area contributed by atoms with Crippen LogP contribution in [0.2, 0.25) is 5.02 Å². The van der Waals surface area contributed by atoms with Gasteiger partial charge in [0.1, 0.15) is 21.6 Å². The highest BCUT2D eigenvalue weighted by Gasteiger charge is 2.33. The van der Waals surface area contributed by atoms with E-state index in [4.69, 9.17) is 22.7 Å². The van der Waals surface area contributed by atoms with Crippen LogP contribution >= 0.6 is 23.4 Å². The molecule has 0 fully saturated rings. The van der Waals surface area contributed by atoms with E-state index in [9.17, 15) is 13.2 Å². The maximum Gasteiger partial charge on any atom is 0.433 e. The first-order chi connectivity index (χ1) is 9.79. The van der Waals surface area contributed by atoms with Crippen molar-refractivity contribution < 1.29 is 13.2 Å². The van der Waals surface area contributed by atoms with Crippen molar-refractivity contribution in [3.63, 3.8) is 0 Å². The Balaban J connectivity index is 2.49. The number of pyridine rings is 2. The predicted octanol–water partition coefficient (Wildman–Crippen LogP) is 3.58. The Morgan fingerprint density at radius 1 is 1.24 bits per heavy atom. The summed E-state index contributed by atoms with van der Waals surface area (Å²) in [6, 6.07) is 5.04. The summed E-state index contributed by atoms with van der Waals surface area (Å²) in [5, 5.41) is 7.90. The highest BCUT2D eigenvalue weighted by molar-refractivity contribution is 7.99. The minimum absolute atomic E-state index is 0.0714. The molecule has 0 atom stereocenters. The van der Waals surface area contributed by atoms with E-state index in [0.29, 0.717) is 0 Å². The largest absolute Gasteiger partial charge is 0.433 e. The summed E-state index contributed by atoms with van der Waals surface area (Å²) >= 11 is 6.74. The van der Waals surface area contributed by atoms with Gasteiger partial charge >= 0.3 is 6.18 Å². The van der Waals surface area contributed by atoms with Crippen LogP contribution in [0.5, 0.6) is 0 Å². The number of rotatable bonds is 3. The van der Waals surface area contributed by atoms with E-state index in [1.165, 1.54) is 6.20 Å². The van der Waals surface area contributed by atoms with Crippen LogP contribution in [0.1, 0.15) is 11.3 Å². The number of nitrogens with one attached hydrogen (secondary N) is 1. The number of aromatic nitrogens is 2. The average Bonchev–Trinajstić information content (AvgIpc) is 2.40. The van der Waals surface area contributed by atoms with E-state index >= 15 is 0 Å². The maximum absolute atomic E-state index is 12.7. The number of nitrogens with two attached hydrogens (primary N) is 1. The lowest BCUT2D eigenvalue weighted by atomic mass is 10.2. The summed E-state index contributed by atoms with van der Waals surface area (Å²) in [5.74, 6) is -0.384. The van der Waals surface area contributed by atoms with E-state index in [2.05, 4.69) is 9.97 Å². The van der Waals surface area contributed by atoms with Gasteiger partial charge in [-0.05, 0) is 36.0 Å². The van der Waals surface area contributed by atoms with Gasteiger partial charge in [-0.25, -0.2) is 9.97 Å². The smallest absolute Gasteiger partial charge is 0.384 e. The molecule has 0 radical (unpaired) electrons. The van der Waals surface area contributed by atoms with Crippen molar-refractivity contribution in [1.82, 2.24) is 9.97 Å². The molecule has 0 saturated heterocycles. The van der Waals surface area contributed by atoms with Crippen molar-refractivity contribution in [2.45, 2.75) is 16.2 Å². The third-order valence-corrected chi connectivity index (χ3v) is 3.80. The summed E-state index contributed by atoms with van der Waals surface area (Å²) in [4.78, 5) is 7.48. The zero-order valence-electron chi connectivity index (χ0n) is 10.3. The summed E-state index contributed by atoms with van der Waals surface area (Å²) in [6.07, 6.45) is -3.13. The number of nitrogen functional groups attached to an aromatic ring is 1. The lowest BCUT2D eigenvalue weighted by molar-refractivity contribution is -0.141. The molecule has 0 saturated carbocycles. The monoisotopic (exact) mass is 332 g/mol. The molecule has 2 rings (SSSR count). The zero-order valence-corrected chi connectivity index (χ0v) is 11.9. The normalized spacial score (nSPS) is 11.4. The fourth-order valence-electron chi connectivity index (χ4n) is 1.42. The molecule has 0 bridgehead atoms. The van der Waals surface area contributed by atoms with Crippen LogP contribution in [0.25, 0.3) is 0 Å². The molecule has 0 aromatic carbocycles. The van der Waals surface area contributed by atoms with Crippen LogP contribution in [0, 0.1) is 5.41 Å². The van der Waals surface area contributed by atoms with Crippen molar-refractivity contribution >= 4 is 29.2 Å². The molecule has 2 heterocycles. The molecule has 2 aromatic heterocycles. The number of alkyl halides is 3. The number of halogens is 4. The van der Waals surface area contributed by atoms with E-state index in [-0.39, 0.29) is 26.5 Å². The van der Waals surface area contributed by atoms with Gasteiger partial charge in [0.15, 0.2) is 0 Å². The third kappa shape index (κ3) is 3.64. The van der Waals surface area contributed by atoms with Crippen molar-refractivity contribution in [3.8, 4) is 0 Å². The lowest BCUT2D eigenvalue weighted by Crippen LogP contribution is -2.16. The first-order valence-corrected chi connectivity index (χ1v) is 6.69. The van der Waals surface area contributed by atoms with Crippen LogP contribution in [0.4, 0.5) is 13.2 Å². The number of hydrogen-bond donors (Lipinski definition) is 2. The predicted molar refractivity (Wildman–Crippen MR) is 73.6 cm³/mol. The van der Waals surface area contributed by atoms with Crippen molar-refractivity contribution in [2.24, 2.45) is 5.73 Å². The number of amidine groups is 1. The molecule has 4 nitrogen and oxygen atoms in total. The quantitative estimate of drug-likeness (QED) is 0.665. The fraction of sp³-hybridized carbons (Fsp3) is 0.0833. The fourth-order valence-corrected chi connectivity index (χ4v) is 2.55. The number of nitrogens with zero attached hydrogens (tertiary/aromatic N) is 2. The van der Waals surface area contributed by atoms with E-state index < -0.39 is 11.9 Å².